The molecule has 6 heteroatoms. The average molecular weight is 291 g/mol. The van der Waals surface area contributed by atoms with Gasteiger partial charge in [0.25, 0.3) is 0 Å². The highest BCUT2D eigenvalue weighted by molar-refractivity contribution is 6.39. The predicted molar refractivity (Wildman–Crippen MR) is 70.7 cm³/mol. The molecule has 0 bridgehead atoms. The fourth-order valence-corrected chi connectivity index (χ4v) is 2.50. The average Bonchev–Trinajstić information content (AvgIpc) is 2.34. The van der Waals surface area contributed by atoms with Crippen LogP contribution in [0.4, 0.5) is 10.1 Å². The first-order valence-electron chi connectivity index (χ1n) is 5.76. The number of anilines is 1. The Morgan fingerprint density at radius 1 is 1.33 bits per heavy atom. The monoisotopic (exact) mass is 290 g/mol. The summed E-state index contributed by atoms with van der Waals surface area (Å²) in [5, 5.41) is 5.96. The molecule has 0 radical (unpaired) electrons. The van der Waals surface area contributed by atoms with Gasteiger partial charge in [-0.05, 0) is 31.5 Å². The minimum atomic E-state index is -0.529. The van der Waals surface area contributed by atoms with E-state index in [0.29, 0.717) is 0 Å². The maximum atomic E-state index is 13.0. The third-order valence-electron chi connectivity index (χ3n) is 2.88. The van der Waals surface area contributed by atoms with E-state index in [1.807, 2.05) is 0 Å². The van der Waals surface area contributed by atoms with E-state index in [-0.39, 0.29) is 27.7 Å². The largest absolute Gasteiger partial charge is 0.322 e. The van der Waals surface area contributed by atoms with Gasteiger partial charge in [-0.2, -0.15) is 0 Å². The zero-order chi connectivity index (χ0) is 13.1. The molecular weight excluding hydrogens is 278 g/mol. The first-order valence-corrected chi connectivity index (χ1v) is 6.52. The van der Waals surface area contributed by atoms with Crippen LogP contribution < -0.4 is 10.6 Å². The standard InChI is InChI=1S/C12H13Cl2FN2O/c13-8-5-7(15)6-9(14)11(8)17-12(18)10-3-1-2-4-16-10/h5-6,10,16H,1-4H2,(H,17,18)/t10-/m0/s1. The second-order valence-corrected chi connectivity index (χ2v) is 5.05. The molecule has 0 unspecified atom stereocenters. The Bertz CT molecular complexity index is 438. The second kappa shape index (κ2) is 5.87. The SMILES string of the molecule is O=C(Nc1c(Cl)cc(F)cc1Cl)[C@@H]1CCCCN1. The van der Waals surface area contributed by atoms with Gasteiger partial charge in [0.15, 0.2) is 0 Å². The fraction of sp³-hybridized carbons (Fsp3) is 0.417. The van der Waals surface area contributed by atoms with Crippen LogP contribution >= 0.6 is 23.2 Å². The minimum absolute atomic E-state index is 0.101. The number of halogens is 3. The van der Waals surface area contributed by atoms with Crippen molar-refractivity contribution in [2.45, 2.75) is 25.3 Å². The molecule has 1 heterocycles. The lowest BCUT2D eigenvalue weighted by molar-refractivity contribution is -0.118. The molecule has 1 amide bonds. The van der Waals surface area contributed by atoms with Gasteiger partial charge in [-0.3, -0.25) is 4.79 Å². The van der Waals surface area contributed by atoms with Crippen LogP contribution in [0.5, 0.6) is 0 Å². The molecule has 1 aliphatic heterocycles. The Labute approximate surface area is 115 Å². The van der Waals surface area contributed by atoms with E-state index in [4.69, 9.17) is 23.2 Å². The van der Waals surface area contributed by atoms with Crippen molar-refractivity contribution in [3.8, 4) is 0 Å². The fourth-order valence-electron chi connectivity index (χ4n) is 1.95. The Hall–Kier alpha value is -0.840. The van der Waals surface area contributed by atoms with Gasteiger partial charge in [-0.15, -0.1) is 0 Å². The lowest BCUT2D eigenvalue weighted by Gasteiger charge is -2.23. The van der Waals surface area contributed by atoms with Gasteiger partial charge < -0.3 is 10.6 Å². The van der Waals surface area contributed by atoms with Crippen LogP contribution in [0.25, 0.3) is 0 Å². The number of rotatable bonds is 2. The minimum Gasteiger partial charge on any atom is -0.322 e. The Kier molecular flexibility index (Phi) is 4.43. The summed E-state index contributed by atoms with van der Waals surface area (Å²) in [5.41, 5.74) is 0.261. The van der Waals surface area contributed by atoms with Crippen molar-refractivity contribution in [1.29, 1.82) is 0 Å². The number of amides is 1. The van der Waals surface area contributed by atoms with E-state index in [1.54, 1.807) is 0 Å². The molecule has 1 aliphatic rings. The van der Waals surface area contributed by atoms with Gasteiger partial charge >= 0.3 is 0 Å². The van der Waals surface area contributed by atoms with E-state index in [0.717, 1.165) is 37.9 Å². The molecule has 1 atom stereocenters. The summed E-state index contributed by atoms with van der Waals surface area (Å²) < 4.78 is 13.0. The third kappa shape index (κ3) is 3.13. The summed E-state index contributed by atoms with van der Waals surface area (Å²) in [6, 6.07) is 2.00. The smallest absolute Gasteiger partial charge is 0.241 e. The first kappa shape index (κ1) is 13.6. The maximum absolute atomic E-state index is 13.0. The van der Waals surface area contributed by atoms with Crippen LogP contribution in [0.15, 0.2) is 12.1 Å². The van der Waals surface area contributed by atoms with Gasteiger partial charge in [0, 0.05) is 0 Å². The molecule has 0 saturated carbocycles. The lowest BCUT2D eigenvalue weighted by atomic mass is 10.0. The molecule has 0 aromatic heterocycles. The summed E-state index contributed by atoms with van der Waals surface area (Å²) in [6.45, 7) is 0.822. The van der Waals surface area contributed by atoms with Gasteiger partial charge in [0.1, 0.15) is 5.82 Å². The Morgan fingerprint density at radius 2 is 2.00 bits per heavy atom. The lowest BCUT2D eigenvalue weighted by Crippen LogP contribution is -2.43. The van der Waals surface area contributed by atoms with Crippen LogP contribution in [0.2, 0.25) is 10.0 Å². The molecule has 0 aliphatic carbocycles. The summed E-state index contributed by atoms with van der Waals surface area (Å²) in [6.07, 6.45) is 2.86. The normalized spacial score (nSPS) is 19.6. The van der Waals surface area contributed by atoms with Crippen molar-refractivity contribution in [2.75, 3.05) is 11.9 Å². The molecule has 98 valence electrons. The first-order chi connectivity index (χ1) is 8.58. The van der Waals surface area contributed by atoms with Crippen LogP contribution in [0.3, 0.4) is 0 Å². The van der Waals surface area contributed by atoms with Crippen molar-refractivity contribution in [3.05, 3.63) is 28.0 Å². The molecule has 3 nitrogen and oxygen atoms in total. The van der Waals surface area contributed by atoms with Crippen LogP contribution in [0.1, 0.15) is 19.3 Å². The van der Waals surface area contributed by atoms with Crippen molar-refractivity contribution in [3.63, 3.8) is 0 Å². The maximum Gasteiger partial charge on any atom is 0.241 e. The number of benzene rings is 1. The van der Waals surface area contributed by atoms with Gasteiger partial charge in [0.05, 0.1) is 21.8 Å². The number of carbonyl (C=O) groups is 1. The van der Waals surface area contributed by atoms with E-state index >= 15 is 0 Å². The number of hydrogen-bond acceptors (Lipinski definition) is 2. The molecular formula is C12H13Cl2FN2O. The van der Waals surface area contributed by atoms with Crippen LogP contribution in [-0.4, -0.2) is 18.5 Å². The molecule has 1 aromatic rings. The quantitative estimate of drug-likeness (QED) is 0.878. The molecule has 18 heavy (non-hydrogen) atoms. The molecule has 0 spiro atoms. The van der Waals surface area contributed by atoms with Crippen LogP contribution in [-0.2, 0) is 4.79 Å². The van der Waals surface area contributed by atoms with E-state index in [1.165, 1.54) is 0 Å². The second-order valence-electron chi connectivity index (χ2n) is 4.24. The van der Waals surface area contributed by atoms with Crippen molar-refractivity contribution < 1.29 is 9.18 Å². The number of piperidine rings is 1. The zero-order valence-corrected chi connectivity index (χ0v) is 11.1. The Morgan fingerprint density at radius 3 is 2.56 bits per heavy atom. The van der Waals surface area contributed by atoms with Gasteiger partial charge in [0.2, 0.25) is 5.91 Å². The van der Waals surface area contributed by atoms with Crippen molar-refractivity contribution >= 4 is 34.8 Å². The molecule has 2 N–H and O–H groups in total. The highest BCUT2D eigenvalue weighted by atomic mass is 35.5. The summed E-state index contributed by atoms with van der Waals surface area (Å²) >= 11 is 11.7. The highest BCUT2D eigenvalue weighted by Crippen LogP contribution is 2.31. The van der Waals surface area contributed by atoms with Crippen molar-refractivity contribution in [1.82, 2.24) is 5.32 Å². The summed E-state index contributed by atoms with van der Waals surface area (Å²) in [5.74, 6) is -0.719. The summed E-state index contributed by atoms with van der Waals surface area (Å²) in [4.78, 5) is 12.0. The topological polar surface area (TPSA) is 41.1 Å². The van der Waals surface area contributed by atoms with Crippen LogP contribution in [0, 0.1) is 5.82 Å². The Balaban J connectivity index is 2.11. The third-order valence-corrected chi connectivity index (χ3v) is 3.48. The van der Waals surface area contributed by atoms with E-state index in [9.17, 15) is 9.18 Å². The molecule has 1 saturated heterocycles. The molecule has 1 aromatic carbocycles. The van der Waals surface area contributed by atoms with Gasteiger partial charge in [-0.1, -0.05) is 29.6 Å². The van der Waals surface area contributed by atoms with Gasteiger partial charge in [-0.25, -0.2) is 4.39 Å². The predicted octanol–water partition coefficient (Wildman–Crippen LogP) is 3.21. The zero-order valence-electron chi connectivity index (χ0n) is 9.60. The summed E-state index contributed by atoms with van der Waals surface area (Å²) in [7, 11) is 0. The highest BCUT2D eigenvalue weighted by Gasteiger charge is 2.22. The number of hydrogen-bond donors (Lipinski definition) is 2. The molecule has 1 fully saturated rings. The molecule has 2 rings (SSSR count). The number of nitrogens with one attached hydrogen (secondary N) is 2. The van der Waals surface area contributed by atoms with E-state index in [2.05, 4.69) is 10.6 Å². The van der Waals surface area contributed by atoms with E-state index < -0.39 is 5.82 Å². The van der Waals surface area contributed by atoms with Crippen molar-refractivity contribution in [2.24, 2.45) is 0 Å². The number of carbonyl (C=O) groups excluding carboxylic acids is 1.